The molecule has 1 aromatic heterocycles. The van der Waals surface area contributed by atoms with E-state index in [1.165, 1.54) is 33.0 Å². The van der Waals surface area contributed by atoms with E-state index in [1.807, 2.05) is 0 Å². The summed E-state index contributed by atoms with van der Waals surface area (Å²) in [6.45, 7) is 7.32. The molecule has 1 fully saturated rings. The first-order valence-corrected chi connectivity index (χ1v) is 10.9. The highest BCUT2D eigenvalue weighted by Crippen LogP contribution is 2.41. The quantitative estimate of drug-likeness (QED) is 0.498. The smallest absolute Gasteiger partial charge is 0.351 e. The first kappa shape index (κ1) is 24.6. The van der Waals surface area contributed by atoms with Gasteiger partial charge in [0.05, 0.1) is 18.8 Å². The van der Waals surface area contributed by atoms with Crippen LogP contribution < -0.4 is 15.9 Å². The lowest BCUT2D eigenvalue weighted by molar-refractivity contribution is -0.231. The number of aliphatic hydroxyl groups excluding tert-OH is 1. The van der Waals surface area contributed by atoms with E-state index in [1.54, 1.807) is 13.8 Å². The van der Waals surface area contributed by atoms with Crippen molar-refractivity contribution in [2.75, 3.05) is 11.9 Å². The van der Waals surface area contributed by atoms with Crippen molar-refractivity contribution in [2.45, 2.75) is 71.4 Å². The van der Waals surface area contributed by atoms with Gasteiger partial charge in [0, 0.05) is 13.1 Å². The molecule has 1 aliphatic rings. The molecule has 1 aromatic rings. The second-order valence-electron chi connectivity index (χ2n) is 7.29. The van der Waals surface area contributed by atoms with Gasteiger partial charge in [-0.1, -0.05) is 0 Å². The number of nitrogens with one attached hydrogen (secondary N) is 1. The minimum Gasteiger partial charge on any atom is -0.756 e. The Hall–Kier alpha value is -1.66. The maximum absolute atomic E-state index is 12.4. The van der Waals surface area contributed by atoms with Crippen molar-refractivity contribution in [3.8, 4) is 0 Å². The van der Waals surface area contributed by atoms with Crippen LogP contribution in [0.4, 0.5) is 5.82 Å². The summed E-state index contributed by atoms with van der Waals surface area (Å²) in [5.41, 5.74) is -0.784. The van der Waals surface area contributed by atoms with Crippen LogP contribution in [0.15, 0.2) is 17.1 Å². The number of ether oxygens (including phenoxy) is 2. The van der Waals surface area contributed by atoms with Crippen LogP contribution in [0.2, 0.25) is 0 Å². The molecule has 5 atom stereocenters. The summed E-state index contributed by atoms with van der Waals surface area (Å²) in [7, 11) is -4.59. The summed E-state index contributed by atoms with van der Waals surface area (Å²) < 4.78 is 33.9. The number of hydrogen-bond donors (Lipinski definition) is 2. The molecule has 12 nitrogen and oxygen atoms in total. The number of carbonyl (C=O) groups excluding carboxylic acids is 1. The number of aliphatic hydroxyl groups is 1. The second-order valence-corrected chi connectivity index (χ2v) is 8.65. The molecule has 0 aliphatic carbocycles. The molecule has 0 bridgehead atoms. The van der Waals surface area contributed by atoms with Crippen molar-refractivity contribution in [3.05, 3.63) is 22.7 Å². The van der Waals surface area contributed by atoms with Crippen LogP contribution in [0.25, 0.3) is 0 Å². The Bertz CT molecular complexity index is 844. The zero-order valence-electron chi connectivity index (χ0n) is 17.4. The largest absolute Gasteiger partial charge is 0.756 e. The highest BCUT2D eigenvalue weighted by atomic mass is 31.2. The normalized spacial score (nSPS) is 26.2. The van der Waals surface area contributed by atoms with E-state index in [2.05, 4.69) is 10.3 Å². The molecule has 1 saturated heterocycles. The molecule has 0 aromatic carbocycles. The molecule has 2 rings (SSSR count). The van der Waals surface area contributed by atoms with Crippen LogP contribution in [0.5, 0.6) is 0 Å². The van der Waals surface area contributed by atoms with E-state index in [0.717, 1.165) is 4.57 Å². The zero-order chi connectivity index (χ0) is 22.6. The number of rotatable bonds is 9. The fourth-order valence-electron chi connectivity index (χ4n) is 2.88. The molecule has 2 heterocycles. The topological polar surface area (TPSA) is 161 Å². The van der Waals surface area contributed by atoms with E-state index in [0.29, 0.717) is 0 Å². The average Bonchev–Trinajstić information content (AvgIpc) is 2.87. The number of anilines is 1. The Morgan fingerprint density at radius 1 is 1.40 bits per heavy atom. The van der Waals surface area contributed by atoms with Gasteiger partial charge in [0.1, 0.15) is 24.1 Å². The molecule has 2 N–H and O–H groups in total. The molecule has 0 radical (unpaired) electrons. The molecular formula is C17H27N3O9P-. The molecule has 170 valence electrons. The number of carbonyl (C=O) groups is 1. The van der Waals surface area contributed by atoms with E-state index in [4.69, 9.17) is 18.5 Å². The lowest BCUT2D eigenvalue weighted by atomic mass is 10.1. The number of nitrogens with zero attached hydrogens (tertiary/aromatic N) is 2. The van der Waals surface area contributed by atoms with Crippen molar-refractivity contribution in [2.24, 2.45) is 0 Å². The predicted molar refractivity (Wildman–Crippen MR) is 103 cm³/mol. The van der Waals surface area contributed by atoms with Gasteiger partial charge in [-0.3, -0.25) is 13.9 Å². The van der Waals surface area contributed by atoms with Crippen LogP contribution in [0, 0.1) is 0 Å². The van der Waals surface area contributed by atoms with Gasteiger partial charge < -0.3 is 33.8 Å². The molecule has 30 heavy (non-hydrogen) atoms. The van der Waals surface area contributed by atoms with Crippen molar-refractivity contribution in [1.29, 1.82) is 0 Å². The number of hydrogen-bond acceptors (Lipinski definition) is 10. The fourth-order valence-corrected chi connectivity index (χ4v) is 3.78. The average molecular weight is 448 g/mol. The van der Waals surface area contributed by atoms with Crippen LogP contribution in [-0.4, -0.2) is 57.7 Å². The highest BCUT2D eigenvalue weighted by Gasteiger charge is 2.46. The van der Waals surface area contributed by atoms with Crippen molar-refractivity contribution in [3.63, 3.8) is 0 Å². The molecule has 13 heteroatoms. The SMILES string of the molecule is CC(=O)Nc1ccn([C@@H]2O[C@H](COP(=O)([O-])OC(C)C)C(OC(C)C)[C@@H]2O)c(=O)n1. The van der Waals surface area contributed by atoms with Gasteiger partial charge >= 0.3 is 5.69 Å². The minimum absolute atomic E-state index is 0.0456. The maximum atomic E-state index is 12.4. The summed E-state index contributed by atoms with van der Waals surface area (Å²) in [5.74, 6) is -0.353. The van der Waals surface area contributed by atoms with Crippen LogP contribution in [-0.2, 0) is 27.9 Å². The van der Waals surface area contributed by atoms with Crippen LogP contribution in [0.1, 0.15) is 40.8 Å². The standard InChI is InChI=1S/C17H28N3O9P/c1-9(2)27-15-12(8-26-30(24,25)29-10(3)4)28-16(14(15)22)20-7-6-13(18-11(5)21)19-17(20)23/h6-7,9-10,12,14-16,22H,8H2,1-5H3,(H,24,25)(H,18,19,21,23)/p-1/t12-,14+,15?,16-/m1/s1. The Kier molecular flexibility index (Phi) is 8.28. The number of amides is 1. The third kappa shape index (κ3) is 6.67. The van der Waals surface area contributed by atoms with E-state index in [9.17, 15) is 24.2 Å². The molecule has 2 unspecified atom stereocenters. The zero-order valence-corrected chi connectivity index (χ0v) is 18.3. The van der Waals surface area contributed by atoms with Gasteiger partial charge in [0.25, 0.3) is 7.82 Å². The molecule has 0 saturated carbocycles. The molecular weight excluding hydrogens is 421 g/mol. The number of phosphoric acid groups is 1. The van der Waals surface area contributed by atoms with E-state index in [-0.39, 0.29) is 11.9 Å². The summed E-state index contributed by atoms with van der Waals surface area (Å²) >= 11 is 0. The Morgan fingerprint density at radius 3 is 2.60 bits per heavy atom. The van der Waals surface area contributed by atoms with E-state index >= 15 is 0 Å². The van der Waals surface area contributed by atoms with Crippen LogP contribution in [0.3, 0.4) is 0 Å². The second kappa shape index (κ2) is 10.1. The first-order valence-electron chi connectivity index (χ1n) is 9.39. The monoisotopic (exact) mass is 448 g/mol. The lowest BCUT2D eigenvalue weighted by Gasteiger charge is -2.28. The highest BCUT2D eigenvalue weighted by molar-refractivity contribution is 7.45. The van der Waals surface area contributed by atoms with Gasteiger partial charge in [-0.05, 0) is 33.8 Å². The summed E-state index contributed by atoms with van der Waals surface area (Å²) in [6.07, 6.45) is -4.13. The van der Waals surface area contributed by atoms with Crippen molar-refractivity contribution in [1.82, 2.24) is 9.55 Å². The summed E-state index contributed by atoms with van der Waals surface area (Å²) in [5, 5.41) is 13.1. The summed E-state index contributed by atoms with van der Waals surface area (Å²) in [6, 6.07) is 1.36. The van der Waals surface area contributed by atoms with Crippen LogP contribution >= 0.6 is 7.82 Å². The number of aromatic nitrogens is 2. The predicted octanol–water partition coefficient (Wildman–Crippen LogP) is 0.164. The third-order valence-corrected chi connectivity index (χ3v) is 5.03. The summed E-state index contributed by atoms with van der Waals surface area (Å²) in [4.78, 5) is 39.0. The van der Waals surface area contributed by atoms with Gasteiger partial charge in [-0.25, -0.2) is 4.79 Å². The molecule has 1 amide bonds. The first-order chi connectivity index (χ1) is 13.9. The lowest BCUT2D eigenvalue weighted by Crippen LogP contribution is -2.39. The maximum Gasteiger partial charge on any atom is 0.351 e. The minimum atomic E-state index is -4.59. The van der Waals surface area contributed by atoms with Crippen molar-refractivity contribution < 1.29 is 37.9 Å². The Balaban J connectivity index is 2.21. The van der Waals surface area contributed by atoms with Gasteiger partial charge in [-0.2, -0.15) is 4.98 Å². The van der Waals surface area contributed by atoms with Gasteiger partial charge in [-0.15, -0.1) is 0 Å². The van der Waals surface area contributed by atoms with E-state index < -0.39 is 56.7 Å². The third-order valence-electron chi connectivity index (χ3n) is 3.88. The number of phosphoric ester groups is 1. The van der Waals surface area contributed by atoms with Gasteiger partial charge in [0.15, 0.2) is 6.23 Å². The fraction of sp³-hybridized carbons (Fsp3) is 0.706. The Morgan fingerprint density at radius 2 is 2.07 bits per heavy atom. The Labute approximate surface area is 173 Å². The molecule has 0 spiro atoms. The van der Waals surface area contributed by atoms with Gasteiger partial charge in [0.2, 0.25) is 5.91 Å². The molecule has 1 aliphatic heterocycles. The van der Waals surface area contributed by atoms with Crippen molar-refractivity contribution >= 4 is 19.5 Å².